The van der Waals surface area contributed by atoms with E-state index in [1.807, 2.05) is 6.07 Å². The van der Waals surface area contributed by atoms with Crippen molar-refractivity contribution in [2.24, 2.45) is 11.8 Å². The molecule has 1 fully saturated rings. The Morgan fingerprint density at radius 1 is 1.57 bits per heavy atom. The molecule has 1 saturated carbocycles. The molecule has 21 heavy (non-hydrogen) atoms. The molecule has 1 aliphatic rings. The van der Waals surface area contributed by atoms with Crippen LogP contribution < -0.4 is 0 Å². The highest BCUT2D eigenvalue weighted by Gasteiger charge is 2.44. The number of nitrogens with zero attached hydrogens (tertiary/aromatic N) is 3. The van der Waals surface area contributed by atoms with Gasteiger partial charge in [-0.15, -0.1) is 0 Å². The predicted octanol–water partition coefficient (Wildman–Crippen LogP) is 2.59. The Balaban J connectivity index is 1.61. The molecule has 2 atom stereocenters. The SMILES string of the molecule is N#C[C@H]1C[C@H]1C(=O)OCc1nc(-c2cccc(Cl)c2)no1. The van der Waals surface area contributed by atoms with Gasteiger partial charge in [0.2, 0.25) is 5.82 Å². The molecule has 0 amide bonds. The number of aromatic nitrogens is 2. The second kappa shape index (κ2) is 5.54. The maximum absolute atomic E-state index is 11.6. The third kappa shape index (κ3) is 3.03. The summed E-state index contributed by atoms with van der Waals surface area (Å²) in [5.41, 5.74) is 0.718. The van der Waals surface area contributed by atoms with E-state index in [0.29, 0.717) is 17.3 Å². The van der Waals surface area contributed by atoms with Gasteiger partial charge in [0.1, 0.15) is 0 Å². The molecule has 0 N–H and O–H groups in total. The summed E-state index contributed by atoms with van der Waals surface area (Å²) in [5, 5.41) is 13.0. The number of halogens is 1. The fraction of sp³-hybridized carbons (Fsp3) is 0.286. The maximum Gasteiger partial charge on any atom is 0.310 e. The van der Waals surface area contributed by atoms with E-state index >= 15 is 0 Å². The summed E-state index contributed by atoms with van der Waals surface area (Å²) in [6.45, 7) is -0.0962. The summed E-state index contributed by atoms with van der Waals surface area (Å²) in [7, 11) is 0. The molecule has 0 aliphatic heterocycles. The Morgan fingerprint density at radius 2 is 2.43 bits per heavy atom. The van der Waals surface area contributed by atoms with Gasteiger partial charge in [0.25, 0.3) is 5.89 Å². The summed E-state index contributed by atoms with van der Waals surface area (Å²) in [4.78, 5) is 15.7. The first kappa shape index (κ1) is 13.6. The van der Waals surface area contributed by atoms with Crippen molar-refractivity contribution in [2.45, 2.75) is 13.0 Å². The van der Waals surface area contributed by atoms with E-state index in [9.17, 15) is 4.79 Å². The van der Waals surface area contributed by atoms with Crippen LogP contribution in [0.4, 0.5) is 0 Å². The summed E-state index contributed by atoms with van der Waals surface area (Å²) in [5.74, 6) is -0.353. The van der Waals surface area contributed by atoms with E-state index in [0.717, 1.165) is 5.56 Å². The van der Waals surface area contributed by atoms with E-state index in [4.69, 9.17) is 26.1 Å². The third-order valence-electron chi connectivity index (χ3n) is 3.15. The number of carbonyl (C=O) groups is 1. The Kier molecular flexibility index (Phi) is 3.59. The number of hydrogen-bond acceptors (Lipinski definition) is 6. The van der Waals surface area contributed by atoms with Gasteiger partial charge in [-0.2, -0.15) is 10.2 Å². The van der Waals surface area contributed by atoms with Crippen molar-refractivity contribution in [1.29, 1.82) is 5.26 Å². The molecule has 1 aromatic carbocycles. The van der Waals surface area contributed by atoms with Gasteiger partial charge in [0, 0.05) is 10.6 Å². The molecule has 0 saturated heterocycles. The van der Waals surface area contributed by atoms with Crippen LogP contribution >= 0.6 is 11.6 Å². The first-order valence-electron chi connectivity index (χ1n) is 6.32. The van der Waals surface area contributed by atoms with Crippen LogP contribution in [0.15, 0.2) is 28.8 Å². The van der Waals surface area contributed by atoms with E-state index in [2.05, 4.69) is 10.1 Å². The summed E-state index contributed by atoms with van der Waals surface area (Å²) < 4.78 is 10.1. The highest BCUT2D eigenvalue weighted by Crippen LogP contribution is 2.38. The van der Waals surface area contributed by atoms with Gasteiger partial charge in [-0.1, -0.05) is 28.9 Å². The molecular weight excluding hydrogens is 294 g/mol. The van der Waals surface area contributed by atoms with Crippen molar-refractivity contribution < 1.29 is 14.1 Å². The fourth-order valence-electron chi connectivity index (χ4n) is 1.90. The van der Waals surface area contributed by atoms with E-state index in [1.54, 1.807) is 24.3 Å². The zero-order valence-electron chi connectivity index (χ0n) is 10.8. The Bertz CT molecular complexity index is 722. The zero-order valence-corrected chi connectivity index (χ0v) is 11.6. The van der Waals surface area contributed by atoms with Crippen molar-refractivity contribution in [3.63, 3.8) is 0 Å². The molecular formula is C14H10ClN3O3. The van der Waals surface area contributed by atoms with Crippen LogP contribution in [0.1, 0.15) is 12.3 Å². The summed E-state index contributed by atoms with van der Waals surface area (Å²) in [6, 6.07) is 9.07. The molecule has 0 unspecified atom stereocenters. The van der Waals surface area contributed by atoms with Crippen LogP contribution in [0, 0.1) is 23.2 Å². The van der Waals surface area contributed by atoms with Gasteiger partial charge in [0.05, 0.1) is 17.9 Å². The molecule has 7 heteroatoms. The van der Waals surface area contributed by atoms with E-state index in [-0.39, 0.29) is 24.3 Å². The standard InChI is InChI=1S/C14H10ClN3O3/c15-10-3-1-2-8(4-10)13-17-12(21-18-13)7-20-14(19)11-5-9(11)6-16/h1-4,9,11H,5,7H2/t9-,11-/m1/s1. The largest absolute Gasteiger partial charge is 0.455 e. The Morgan fingerprint density at radius 3 is 3.14 bits per heavy atom. The minimum Gasteiger partial charge on any atom is -0.455 e. The lowest BCUT2D eigenvalue weighted by atomic mass is 10.2. The molecule has 1 aliphatic carbocycles. The van der Waals surface area contributed by atoms with Gasteiger partial charge in [-0.05, 0) is 18.6 Å². The molecule has 6 nitrogen and oxygen atoms in total. The highest BCUT2D eigenvalue weighted by atomic mass is 35.5. The van der Waals surface area contributed by atoms with Crippen molar-refractivity contribution in [3.05, 3.63) is 35.2 Å². The van der Waals surface area contributed by atoms with Crippen LogP contribution in [0.25, 0.3) is 11.4 Å². The van der Waals surface area contributed by atoms with Crippen LogP contribution in [-0.2, 0) is 16.1 Å². The number of rotatable bonds is 4. The van der Waals surface area contributed by atoms with Gasteiger partial charge in [0.15, 0.2) is 6.61 Å². The van der Waals surface area contributed by atoms with Gasteiger partial charge < -0.3 is 9.26 Å². The molecule has 1 heterocycles. The quantitative estimate of drug-likeness (QED) is 0.806. The van der Waals surface area contributed by atoms with Crippen LogP contribution in [0.5, 0.6) is 0 Å². The minimum atomic E-state index is -0.399. The molecule has 0 bridgehead atoms. The number of nitriles is 1. The lowest BCUT2D eigenvalue weighted by molar-refractivity contribution is -0.147. The first-order valence-corrected chi connectivity index (χ1v) is 6.70. The van der Waals surface area contributed by atoms with Crippen LogP contribution in [0.2, 0.25) is 5.02 Å². The molecule has 106 valence electrons. The lowest BCUT2D eigenvalue weighted by Crippen LogP contribution is -2.08. The Hall–Kier alpha value is -2.39. The molecule has 3 rings (SSSR count). The number of benzene rings is 1. The van der Waals surface area contributed by atoms with E-state index < -0.39 is 5.97 Å². The normalized spacial score (nSPS) is 19.8. The number of esters is 1. The maximum atomic E-state index is 11.6. The fourth-order valence-corrected chi connectivity index (χ4v) is 2.09. The summed E-state index contributed by atoms with van der Waals surface area (Å²) in [6.07, 6.45) is 0.562. The van der Waals surface area contributed by atoms with Crippen molar-refractivity contribution in [3.8, 4) is 17.5 Å². The summed E-state index contributed by atoms with van der Waals surface area (Å²) >= 11 is 5.89. The lowest BCUT2D eigenvalue weighted by Gasteiger charge is -1.98. The minimum absolute atomic E-state index is 0.0962. The predicted molar refractivity (Wildman–Crippen MR) is 71.8 cm³/mol. The van der Waals surface area contributed by atoms with Crippen LogP contribution in [0.3, 0.4) is 0 Å². The smallest absolute Gasteiger partial charge is 0.310 e. The monoisotopic (exact) mass is 303 g/mol. The number of hydrogen-bond donors (Lipinski definition) is 0. The van der Waals surface area contributed by atoms with Crippen molar-refractivity contribution in [2.75, 3.05) is 0 Å². The molecule has 1 aromatic heterocycles. The second-order valence-corrected chi connectivity index (χ2v) is 5.14. The number of carbonyl (C=O) groups excluding carboxylic acids is 1. The third-order valence-corrected chi connectivity index (χ3v) is 3.38. The van der Waals surface area contributed by atoms with Crippen molar-refractivity contribution in [1.82, 2.24) is 10.1 Å². The average molecular weight is 304 g/mol. The van der Waals surface area contributed by atoms with Gasteiger partial charge in [-0.25, -0.2) is 0 Å². The van der Waals surface area contributed by atoms with E-state index in [1.165, 1.54) is 0 Å². The van der Waals surface area contributed by atoms with Crippen molar-refractivity contribution >= 4 is 17.6 Å². The van der Waals surface area contributed by atoms with Gasteiger partial charge in [-0.3, -0.25) is 4.79 Å². The number of ether oxygens (including phenoxy) is 1. The average Bonchev–Trinajstić information content (AvgIpc) is 3.13. The molecule has 0 radical (unpaired) electrons. The first-order chi connectivity index (χ1) is 10.2. The topological polar surface area (TPSA) is 89.0 Å². The molecule has 0 spiro atoms. The zero-order chi connectivity index (χ0) is 14.8. The van der Waals surface area contributed by atoms with Gasteiger partial charge >= 0.3 is 5.97 Å². The van der Waals surface area contributed by atoms with Crippen LogP contribution in [-0.4, -0.2) is 16.1 Å². The Labute approximate surface area is 125 Å². The highest BCUT2D eigenvalue weighted by molar-refractivity contribution is 6.30. The second-order valence-electron chi connectivity index (χ2n) is 4.71. The molecule has 2 aromatic rings.